The quantitative estimate of drug-likeness (QED) is 0.533. The summed E-state index contributed by atoms with van der Waals surface area (Å²) in [5, 5.41) is 13.1. The van der Waals surface area contributed by atoms with Crippen molar-refractivity contribution in [1.29, 1.82) is 5.26 Å². The SMILES string of the molecule is N#Cc1c(NC(=O)C(Sc2ccccc2)c2ccccc2)sc2c1CCCC2. The molecule has 1 unspecified atom stereocenters. The molecule has 4 rings (SSSR count). The molecular weight excluding hydrogens is 384 g/mol. The Morgan fingerprint density at radius 1 is 1.04 bits per heavy atom. The Labute approximate surface area is 173 Å². The van der Waals surface area contributed by atoms with Crippen LogP contribution >= 0.6 is 23.1 Å². The molecule has 1 atom stereocenters. The third-order valence-electron chi connectivity index (χ3n) is 4.86. The molecule has 1 heterocycles. The van der Waals surface area contributed by atoms with E-state index in [4.69, 9.17) is 0 Å². The van der Waals surface area contributed by atoms with Gasteiger partial charge in [0.25, 0.3) is 0 Å². The number of nitrogens with zero attached hydrogens (tertiary/aromatic N) is 1. The maximum absolute atomic E-state index is 13.3. The van der Waals surface area contributed by atoms with Crippen LogP contribution in [-0.2, 0) is 17.6 Å². The molecule has 0 saturated heterocycles. The highest BCUT2D eigenvalue weighted by molar-refractivity contribution is 8.00. The molecule has 1 amide bonds. The van der Waals surface area contributed by atoms with Crippen molar-refractivity contribution in [2.75, 3.05) is 5.32 Å². The minimum Gasteiger partial charge on any atom is -0.315 e. The Morgan fingerprint density at radius 2 is 1.71 bits per heavy atom. The summed E-state index contributed by atoms with van der Waals surface area (Å²) in [6.07, 6.45) is 4.21. The molecule has 0 fully saturated rings. The number of thioether (sulfide) groups is 1. The lowest BCUT2D eigenvalue weighted by atomic mass is 9.96. The van der Waals surface area contributed by atoms with Gasteiger partial charge < -0.3 is 5.32 Å². The summed E-state index contributed by atoms with van der Waals surface area (Å²) in [6.45, 7) is 0. The maximum Gasteiger partial charge on any atom is 0.243 e. The molecule has 0 spiro atoms. The number of amides is 1. The fraction of sp³-hybridized carbons (Fsp3) is 0.217. The van der Waals surface area contributed by atoms with Gasteiger partial charge in [0, 0.05) is 9.77 Å². The normalized spacial score (nSPS) is 14.0. The van der Waals surface area contributed by atoms with E-state index in [0.29, 0.717) is 10.6 Å². The molecule has 1 N–H and O–H groups in total. The van der Waals surface area contributed by atoms with Gasteiger partial charge >= 0.3 is 0 Å². The van der Waals surface area contributed by atoms with Crippen molar-refractivity contribution < 1.29 is 4.79 Å². The van der Waals surface area contributed by atoms with Crippen molar-refractivity contribution in [2.45, 2.75) is 35.8 Å². The summed E-state index contributed by atoms with van der Waals surface area (Å²) < 4.78 is 0. The van der Waals surface area contributed by atoms with Crippen LogP contribution in [0.5, 0.6) is 0 Å². The number of hydrogen-bond donors (Lipinski definition) is 1. The second-order valence-corrected chi connectivity index (χ2v) is 9.02. The molecule has 1 aliphatic rings. The van der Waals surface area contributed by atoms with Crippen LogP contribution in [0.15, 0.2) is 65.6 Å². The molecule has 3 nitrogen and oxygen atoms in total. The van der Waals surface area contributed by atoms with Gasteiger partial charge in [-0.25, -0.2) is 0 Å². The van der Waals surface area contributed by atoms with E-state index < -0.39 is 0 Å². The second-order valence-electron chi connectivity index (χ2n) is 6.74. The largest absolute Gasteiger partial charge is 0.315 e. The fourth-order valence-corrected chi connectivity index (χ4v) is 5.77. The molecule has 3 aromatic rings. The highest BCUT2D eigenvalue weighted by Gasteiger charge is 2.26. The van der Waals surface area contributed by atoms with E-state index in [9.17, 15) is 10.1 Å². The monoisotopic (exact) mass is 404 g/mol. The Bertz CT molecular complexity index is 1010. The third-order valence-corrected chi connectivity index (χ3v) is 7.33. The van der Waals surface area contributed by atoms with Crippen LogP contribution in [0.4, 0.5) is 5.00 Å². The Kier molecular flexibility index (Phi) is 5.80. The van der Waals surface area contributed by atoms with E-state index in [2.05, 4.69) is 11.4 Å². The van der Waals surface area contributed by atoms with E-state index in [-0.39, 0.29) is 11.2 Å². The van der Waals surface area contributed by atoms with Crippen molar-refractivity contribution in [3.8, 4) is 6.07 Å². The van der Waals surface area contributed by atoms with Gasteiger partial charge in [-0.1, -0.05) is 48.5 Å². The zero-order valence-corrected chi connectivity index (χ0v) is 17.0. The highest BCUT2D eigenvalue weighted by atomic mass is 32.2. The van der Waals surface area contributed by atoms with Gasteiger partial charge in [-0.2, -0.15) is 5.26 Å². The number of rotatable bonds is 5. The molecule has 5 heteroatoms. The molecular formula is C23H20N2OS2. The molecule has 1 aromatic heterocycles. The number of anilines is 1. The van der Waals surface area contributed by atoms with Gasteiger partial charge in [-0.05, 0) is 48.9 Å². The van der Waals surface area contributed by atoms with Crippen molar-refractivity contribution >= 4 is 34.0 Å². The van der Waals surface area contributed by atoms with Crippen LogP contribution in [0.2, 0.25) is 0 Å². The molecule has 2 aromatic carbocycles. The van der Waals surface area contributed by atoms with Gasteiger partial charge in [0.05, 0.1) is 5.56 Å². The smallest absolute Gasteiger partial charge is 0.243 e. The number of nitrogens with one attached hydrogen (secondary N) is 1. The van der Waals surface area contributed by atoms with Crippen LogP contribution in [0, 0.1) is 11.3 Å². The summed E-state index contributed by atoms with van der Waals surface area (Å²) in [5.41, 5.74) is 2.75. The van der Waals surface area contributed by atoms with Crippen molar-refractivity contribution in [3.05, 3.63) is 82.2 Å². The topological polar surface area (TPSA) is 52.9 Å². The number of aryl methyl sites for hydroxylation is 1. The van der Waals surface area contributed by atoms with Gasteiger partial charge in [-0.15, -0.1) is 23.1 Å². The minimum absolute atomic E-state index is 0.0878. The predicted molar refractivity (Wildman–Crippen MR) is 116 cm³/mol. The molecule has 28 heavy (non-hydrogen) atoms. The number of fused-ring (bicyclic) bond motifs is 1. The highest BCUT2D eigenvalue weighted by Crippen LogP contribution is 2.40. The summed E-state index contributed by atoms with van der Waals surface area (Å²) in [4.78, 5) is 15.6. The number of nitriles is 1. The first-order valence-electron chi connectivity index (χ1n) is 9.38. The van der Waals surface area contributed by atoms with Gasteiger partial charge in [0.15, 0.2) is 0 Å². The van der Waals surface area contributed by atoms with E-state index >= 15 is 0 Å². The summed E-state index contributed by atoms with van der Waals surface area (Å²) in [7, 11) is 0. The molecule has 140 valence electrons. The van der Waals surface area contributed by atoms with E-state index in [1.165, 1.54) is 16.6 Å². The standard InChI is InChI=1S/C23H20N2OS2/c24-15-19-18-13-7-8-14-20(18)28-23(19)25-22(26)21(16-9-3-1-4-10-16)27-17-11-5-2-6-12-17/h1-6,9-12,21H,7-8,13-14H2,(H,25,26). The zero-order valence-electron chi connectivity index (χ0n) is 15.4. The molecule has 0 radical (unpaired) electrons. The third kappa shape index (κ3) is 3.99. The first kappa shape index (κ1) is 18.8. The van der Waals surface area contributed by atoms with E-state index in [1.54, 1.807) is 11.3 Å². The van der Waals surface area contributed by atoms with Gasteiger partial charge in [0.1, 0.15) is 16.3 Å². The second kappa shape index (κ2) is 8.64. The number of thiophene rings is 1. The summed E-state index contributed by atoms with van der Waals surface area (Å²) in [5.74, 6) is -0.0878. The van der Waals surface area contributed by atoms with E-state index in [0.717, 1.165) is 41.7 Å². The first-order valence-corrected chi connectivity index (χ1v) is 11.1. The van der Waals surface area contributed by atoms with E-state index in [1.807, 2.05) is 60.7 Å². The summed E-state index contributed by atoms with van der Waals surface area (Å²) in [6, 6.07) is 22.1. The lowest BCUT2D eigenvalue weighted by Gasteiger charge is -2.16. The van der Waals surface area contributed by atoms with Crippen molar-refractivity contribution in [2.24, 2.45) is 0 Å². The van der Waals surface area contributed by atoms with Crippen molar-refractivity contribution in [1.82, 2.24) is 0 Å². The Morgan fingerprint density at radius 3 is 2.43 bits per heavy atom. The van der Waals surface area contributed by atoms with Gasteiger partial charge in [0.2, 0.25) is 5.91 Å². The van der Waals surface area contributed by atoms with Crippen LogP contribution in [0.25, 0.3) is 0 Å². The number of carbonyl (C=O) groups excluding carboxylic acids is 1. The minimum atomic E-state index is -0.380. The summed E-state index contributed by atoms with van der Waals surface area (Å²) >= 11 is 3.10. The molecule has 1 aliphatic carbocycles. The molecule has 0 aliphatic heterocycles. The average Bonchev–Trinajstić information content (AvgIpc) is 3.10. The average molecular weight is 405 g/mol. The molecule has 0 saturated carbocycles. The van der Waals surface area contributed by atoms with Crippen LogP contribution in [-0.4, -0.2) is 5.91 Å². The number of hydrogen-bond acceptors (Lipinski definition) is 4. The maximum atomic E-state index is 13.3. The van der Waals surface area contributed by atoms with Crippen LogP contribution in [0.3, 0.4) is 0 Å². The van der Waals surface area contributed by atoms with Crippen LogP contribution in [0.1, 0.15) is 39.7 Å². The molecule has 0 bridgehead atoms. The number of benzene rings is 2. The lowest BCUT2D eigenvalue weighted by Crippen LogP contribution is -2.19. The Hall–Kier alpha value is -2.55. The lowest BCUT2D eigenvalue weighted by molar-refractivity contribution is -0.115. The van der Waals surface area contributed by atoms with Gasteiger partial charge in [-0.3, -0.25) is 4.79 Å². The first-order chi connectivity index (χ1) is 13.8. The predicted octanol–water partition coefficient (Wildman–Crippen LogP) is 5.97. The zero-order chi connectivity index (χ0) is 19.3. The van der Waals surface area contributed by atoms with Crippen LogP contribution < -0.4 is 5.32 Å². The van der Waals surface area contributed by atoms with Crippen molar-refractivity contribution in [3.63, 3.8) is 0 Å². The number of carbonyl (C=O) groups is 1. The fourth-order valence-electron chi connectivity index (χ4n) is 3.49. The Balaban J connectivity index is 1.63.